The van der Waals surface area contributed by atoms with E-state index in [4.69, 9.17) is 4.74 Å². The topological polar surface area (TPSA) is 29.5 Å². The van der Waals surface area contributed by atoms with E-state index in [-0.39, 0.29) is 17.1 Å². The molecular weight excluding hydrogens is 372 g/mol. The Kier molecular flexibility index (Phi) is 4.97. The quantitative estimate of drug-likeness (QED) is 0.673. The summed E-state index contributed by atoms with van der Waals surface area (Å²) in [6, 6.07) is 17.1. The second kappa shape index (κ2) is 7.12. The minimum absolute atomic E-state index is 0.0623. The van der Waals surface area contributed by atoms with Gasteiger partial charge in [0, 0.05) is 24.9 Å². The number of rotatable bonds is 5. The minimum atomic E-state index is -0.229. The Bertz CT molecular complexity index is 919. The first-order valence-corrected chi connectivity index (χ1v) is 11.0. The van der Waals surface area contributed by atoms with Gasteiger partial charge in [0.1, 0.15) is 5.75 Å². The second-order valence-electron chi connectivity index (χ2n) is 10.4. The third-order valence-electron chi connectivity index (χ3n) is 7.27. The van der Waals surface area contributed by atoms with Crippen LogP contribution in [-0.4, -0.2) is 48.6 Å². The van der Waals surface area contributed by atoms with Gasteiger partial charge in [0.05, 0.1) is 21.2 Å². The number of carbonyl (C=O) groups is 1. The van der Waals surface area contributed by atoms with Crippen LogP contribution in [0.15, 0.2) is 48.5 Å². The summed E-state index contributed by atoms with van der Waals surface area (Å²) in [5, 5.41) is 0. The molecule has 4 nitrogen and oxygen atoms in total. The summed E-state index contributed by atoms with van der Waals surface area (Å²) in [7, 11) is 6.16. The number of hydrogen-bond donors (Lipinski definition) is 0. The van der Waals surface area contributed by atoms with E-state index in [1.165, 1.54) is 16.7 Å². The van der Waals surface area contributed by atoms with Crippen LogP contribution in [0.2, 0.25) is 0 Å². The number of hydrogen-bond acceptors (Lipinski definition) is 2. The molecule has 0 bridgehead atoms. The molecule has 1 saturated heterocycles. The molecule has 2 fully saturated rings. The molecule has 1 unspecified atom stereocenters. The molecule has 30 heavy (non-hydrogen) atoms. The zero-order chi connectivity index (χ0) is 21.7. The third-order valence-corrected chi connectivity index (χ3v) is 7.27. The van der Waals surface area contributed by atoms with Crippen LogP contribution in [-0.2, 0) is 16.6 Å². The number of quaternary nitrogens is 1. The maximum absolute atomic E-state index is 13.5. The van der Waals surface area contributed by atoms with E-state index >= 15 is 0 Å². The zero-order valence-electron chi connectivity index (χ0n) is 19.2. The predicted molar refractivity (Wildman–Crippen MR) is 120 cm³/mol. The first-order chi connectivity index (χ1) is 14.1. The fourth-order valence-electron chi connectivity index (χ4n) is 5.09. The molecule has 1 spiro atoms. The van der Waals surface area contributed by atoms with Gasteiger partial charge in [-0.25, -0.2) is 0 Å². The maximum atomic E-state index is 13.5. The van der Waals surface area contributed by atoms with Crippen molar-refractivity contribution in [3.05, 3.63) is 65.2 Å². The molecule has 1 atom stereocenters. The largest absolute Gasteiger partial charge is 0.497 e. The smallest absolute Gasteiger partial charge is 0.288 e. The molecule has 2 aromatic carbocycles. The van der Waals surface area contributed by atoms with E-state index in [1.54, 1.807) is 7.11 Å². The summed E-state index contributed by atoms with van der Waals surface area (Å²) >= 11 is 0. The Hall–Kier alpha value is -2.33. The lowest BCUT2D eigenvalue weighted by Crippen LogP contribution is -2.50. The standard InChI is InChI=1S/C26H35N2O2/c1-25(2,3)21-11-9-20(10-12-21)23-27(24(29)26(16-17-26)28(23,4)5)18-15-19-7-13-22(30-6)14-8-19/h7-14,23H,15-18H2,1-6H3/q+1. The van der Waals surface area contributed by atoms with Gasteiger partial charge in [-0.05, 0) is 35.1 Å². The Morgan fingerprint density at radius 2 is 1.63 bits per heavy atom. The van der Waals surface area contributed by atoms with Crippen molar-refractivity contribution in [1.82, 2.24) is 4.90 Å². The van der Waals surface area contributed by atoms with Crippen LogP contribution in [0.4, 0.5) is 0 Å². The number of amides is 1. The average Bonchev–Trinajstić information content (AvgIpc) is 3.50. The monoisotopic (exact) mass is 407 g/mol. The summed E-state index contributed by atoms with van der Waals surface area (Å²) in [4.78, 5) is 15.7. The van der Waals surface area contributed by atoms with Crippen molar-refractivity contribution in [3.63, 3.8) is 0 Å². The van der Waals surface area contributed by atoms with Gasteiger partial charge in [0.2, 0.25) is 0 Å². The lowest BCUT2D eigenvalue weighted by atomic mass is 9.86. The first kappa shape index (κ1) is 20.9. The SMILES string of the molecule is COc1ccc(CCN2C(=O)C3(CC3)[N+](C)(C)C2c2ccc(C(C)(C)C)cc2)cc1. The van der Waals surface area contributed by atoms with Crippen molar-refractivity contribution in [2.75, 3.05) is 27.7 Å². The van der Waals surface area contributed by atoms with E-state index in [0.717, 1.165) is 36.0 Å². The van der Waals surface area contributed by atoms with E-state index in [2.05, 4.69) is 76.2 Å². The van der Waals surface area contributed by atoms with Crippen molar-refractivity contribution < 1.29 is 14.0 Å². The normalized spacial score (nSPS) is 21.9. The molecule has 0 aromatic heterocycles. The number of nitrogens with zero attached hydrogens (tertiary/aromatic N) is 2. The fourth-order valence-corrected chi connectivity index (χ4v) is 5.09. The molecule has 1 aliphatic heterocycles. The summed E-state index contributed by atoms with van der Waals surface area (Å²) in [6.45, 7) is 7.45. The van der Waals surface area contributed by atoms with Gasteiger partial charge in [-0.15, -0.1) is 0 Å². The predicted octanol–water partition coefficient (Wildman–Crippen LogP) is 4.69. The van der Waals surface area contributed by atoms with E-state index in [0.29, 0.717) is 5.91 Å². The summed E-state index contributed by atoms with van der Waals surface area (Å²) in [5.74, 6) is 1.19. The van der Waals surface area contributed by atoms with Gasteiger partial charge in [0.25, 0.3) is 5.91 Å². The first-order valence-electron chi connectivity index (χ1n) is 11.0. The number of ether oxygens (including phenoxy) is 1. The van der Waals surface area contributed by atoms with Gasteiger partial charge in [0.15, 0.2) is 11.7 Å². The van der Waals surface area contributed by atoms with Crippen LogP contribution >= 0.6 is 0 Å². The highest BCUT2D eigenvalue weighted by Gasteiger charge is 2.72. The van der Waals surface area contributed by atoms with Crippen LogP contribution in [0.5, 0.6) is 5.75 Å². The number of methoxy groups -OCH3 is 1. The summed E-state index contributed by atoms with van der Waals surface area (Å²) in [5.41, 5.74) is 3.69. The molecule has 1 heterocycles. The molecule has 0 radical (unpaired) electrons. The van der Waals surface area contributed by atoms with Crippen LogP contribution in [0, 0.1) is 0 Å². The van der Waals surface area contributed by atoms with Crippen LogP contribution in [0.1, 0.15) is 56.5 Å². The fraction of sp³-hybridized carbons (Fsp3) is 0.500. The van der Waals surface area contributed by atoms with Crippen molar-refractivity contribution in [1.29, 1.82) is 0 Å². The Balaban J connectivity index is 1.62. The molecule has 2 aromatic rings. The molecule has 1 saturated carbocycles. The molecule has 1 amide bonds. The minimum Gasteiger partial charge on any atom is -0.497 e. The van der Waals surface area contributed by atoms with Gasteiger partial charge < -0.3 is 4.74 Å². The third kappa shape index (κ3) is 3.31. The lowest BCUT2D eigenvalue weighted by Gasteiger charge is -2.37. The van der Waals surface area contributed by atoms with Crippen molar-refractivity contribution >= 4 is 5.91 Å². The molecule has 160 valence electrons. The van der Waals surface area contributed by atoms with Crippen LogP contribution in [0.25, 0.3) is 0 Å². The highest BCUT2D eigenvalue weighted by Crippen LogP contribution is 2.57. The molecule has 0 N–H and O–H groups in total. The number of benzene rings is 2. The molecule has 1 aliphatic carbocycles. The molecule has 2 aliphatic rings. The van der Waals surface area contributed by atoms with Gasteiger partial charge in [-0.2, -0.15) is 0 Å². The second-order valence-corrected chi connectivity index (χ2v) is 10.4. The van der Waals surface area contributed by atoms with Crippen molar-refractivity contribution in [2.45, 2.75) is 57.2 Å². The summed E-state index contributed by atoms with van der Waals surface area (Å²) in [6.07, 6.45) is 2.90. The Labute approximate surface area is 181 Å². The number of likely N-dealkylation sites (N-methyl/N-ethyl adjacent to an activating group) is 1. The molecular formula is C26H35N2O2+. The Morgan fingerprint density at radius 3 is 2.13 bits per heavy atom. The highest BCUT2D eigenvalue weighted by molar-refractivity contribution is 5.90. The van der Waals surface area contributed by atoms with E-state index in [9.17, 15) is 4.79 Å². The van der Waals surface area contributed by atoms with E-state index < -0.39 is 0 Å². The highest BCUT2D eigenvalue weighted by atomic mass is 16.5. The van der Waals surface area contributed by atoms with Crippen LogP contribution in [0.3, 0.4) is 0 Å². The van der Waals surface area contributed by atoms with Gasteiger partial charge in [-0.1, -0.05) is 57.2 Å². The maximum Gasteiger partial charge on any atom is 0.288 e. The average molecular weight is 408 g/mol. The van der Waals surface area contributed by atoms with Crippen molar-refractivity contribution in [3.8, 4) is 5.75 Å². The lowest BCUT2D eigenvalue weighted by molar-refractivity contribution is -0.943. The van der Waals surface area contributed by atoms with Gasteiger partial charge >= 0.3 is 0 Å². The summed E-state index contributed by atoms with van der Waals surface area (Å²) < 4.78 is 5.99. The van der Waals surface area contributed by atoms with Crippen LogP contribution < -0.4 is 4.74 Å². The van der Waals surface area contributed by atoms with Gasteiger partial charge in [-0.3, -0.25) is 14.2 Å². The zero-order valence-corrected chi connectivity index (χ0v) is 19.2. The number of carbonyl (C=O) groups excluding carboxylic acids is 1. The van der Waals surface area contributed by atoms with Crippen molar-refractivity contribution in [2.24, 2.45) is 0 Å². The Morgan fingerprint density at radius 1 is 1.03 bits per heavy atom. The molecule has 4 rings (SSSR count). The molecule has 4 heteroatoms. The van der Waals surface area contributed by atoms with E-state index in [1.807, 2.05) is 12.1 Å².